The third-order valence-corrected chi connectivity index (χ3v) is 5.21. The van der Waals surface area contributed by atoms with E-state index >= 15 is 0 Å². The van der Waals surface area contributed by atoms with Crippen molar-refractivity contribution in [2.75, 3.05) is 19.8 Å². The zero-order valence-corrected chi connectivity index (χ0v) is 23.6. The Kier molecular flexibility index (Phi) is 12.5. The summed E-state index contributed by atoms with van der Waals surface area (Å²) >= 11 is 5.96. The fourth-order valence-electron chi connectivity index (χ4n) is 3.34. The van der Waals surface area contributed by atoms with E-state index in [4.69, 9.17) is 21.1 Å². The van der Waals surface area contributed by atoms with Gasteiger partial charge in [0.15, 0.2) is 11.5 Å². The van der Waals surface area contributed by atoms with Crippen LogP contribution in [0, 0.1) is 0 Å². The normalized spacial score (nSPS) is 15.1. The van der Waals surface area contributed by atoms with Gasteiger partial charge in [-0.25, -0.2) is 0 Å². The number of halogens is 1. The molecule has 0 radical (unpaired) electrons. The molecule has 170 valence electrons. The first kappa shape index (κ1) is 30.5. The third-order valence-electron chi connectivity index (χ3n) is 4.97. The number of carbonyl (C=O) groups excluding carboxylic acids is 2. The Hall–Kier alpha value is -0.490. The first-order chi connectivity index (χ1) is 14.8. The average Bonchev–Trinajstić information content (AvgIpc) is 3.16. The summed E-state index contributed by atoms with van der Waals surface area (Å²) in [5, 5.41) is 32.5. The third kappa shape index (κ3) is 7.25. The zero-order chi connectivity index (χ0) is 22.6. The van der Waals surface area contributed by atoms with Crippen molar-refractivity contribution in [1.82, 2.24) is 5.32 Å². The van der Waals surface area contributed by atoms with E-state index in [2.05, 4.69) is 5.32 Å². The van der Waals surface area contributed by atoms with E-state index < -0.39 is 36.7 Å². The number of nitrogens with one attached hydrogen (secondary N) is 1. The number of ether oxygens (including phenoxy) is 2. The molecule has 0 saturated heterocycles. The topological polar surface area (TPSA) is 125 Å². The first-order valence-corrected chi connectivity index (χ1v) is 10.1. The fraction of sp³-hybridized carbons (Fsp3) is 0.364. The van der Waals surface area contributed by atoms with Crippen molar-refractivity contribution >= 4 is 23.2 Å². The van der Waals surface area contributed by atoms with Gasteiger partial charge < -0.3 is 33.0 Å². The predicted molar refractivity (Wildman–Crippen MR) is 114 cm³/mol. The molecular formula is C22H26ClNNa2O7. The number of ketones is 2. The van der Waals surface area contributed by atoms with E-state index in [1.54, 1.807) is 42.5 Å². The molecule has 8 nitrogen and oxygen atoms in total. The summed E-state index contributed by atoms with van der Waals surface area (Å²) in [6.07, 6.45) is -0.152. The Balaban J connectivity index is 0. The summed E-state index contributed by atoms with van der Waals surface area (Å²) in [4.78, 5) is 24.2. The number of Topliss-reactive ketones (excluding diaryl/α,β-unsaturated/α-hetero) is 2. The minimum absolute atomic E-state index is 0. The molecule has 1 aliphatic rings. The second-order valence-electron chi connectivity index (χ2n) is 7.35. The van der Waals surface area contributed by atoms with Crippen LogP contribution in [0.3, 0.4) is 0 Å². The number of carbonyl (C=O) groups is 2. The Bertz CT molecular complexity index is 971. The number of aliphatic hydroxyl groups excluding tert-OH is 3. The van der Waals surface area contributed by atoms with Crippen LogP contribution in [-0.2, 0) is 16.0 Å². The molecule has 3 rings (SSSR count). The zero-order valence-electron chi connectivity index (χ0n) is 20.9. The van der Waals surface area contributed by atoms with Crippen molar-refractivity contribution in [3.63, 3.8) is 0 Å². The van der Waals surface area contributed by atoms with Gasteiger partial charge in [0.2, 0.25) is 11.6 Å². The van der Waals surface area contributed by atoms with Crippen molar-refractivity contribution in [3.8, 4) is 11.5 Å². The van der Waals surface area contributed by atoms with Crippen molar-refractivity contribution < 1.29 is 96.4 Å². The number of rotatable bonds is 10. The second-order valence-corrected chi connectivity index (χ2v) is 7.79. The van der Waals surface area contributed by atoms with Crippen LogP contribution in [0.1, 0.15) is 27.0 Å². The molecule has 4 N–H and O–H groups in total. The fourth-order valence-corrected chi connectivity index (χ4v) is 3.53. The molecule has 0 amide bonds. The number of hydrogen-bond donors (Lipinski definition) is 4. The smallest absolute Gasteiger partial charge is 1.00 e. The molecule has 0 bridgehead atoms. The van der Waals surface area contributed by atoms with Gasteiger partial charge in [-0.15, -0.1) is 0 Å². The summed E-state index contributed by atoms with van der Waals surface area (Å²) in [6.45, 7) is 0.334. The number of aliphatic hydroxyl groups is 3. The summed E-state index contributed by atoms with van der Waals surface area (Å²) in [6, 6.07) is 12.0. The van der Waals surface area contributed by atoms with Crippen molar-refractivity contribution in [3.05, 3.63) is 58.6 Å². The molecule has 0 aliphatic carbocycles. The van der Waals surface area contributed by atoms with Gasteiger partial charge in [0.25, 0.3) is 0 Å². The maximum atomic E-state index is 12.1. The molecule has 2 aromatic carbocycles. The van der Waals surface area contributed by atoms with E-state index in [0.29, 0.717) is 23.6 Å². The quantitative estimate of drug-likeness (QED) is 0.191. The van der Waals surface area contributed by atoms with Crippen molar-refractivity contribution in [1.29, 1.82) is 0 Å². The summed E-state index contributed by atoms with van der Waals surface area (Å²) < 4.78 is 10.9. The molecule has 2 atom stereocenters. The molecule has 0 aromatic heterocycles. The Morgan fingerprint density at radius 3 is 2.30 bits per heavy atom. The second kappa shape index (κ2) is 13.6. The molecule has 0 fully saturated rings. The maximum absolute atomic E-state index is 12.1. The maximum Gasteiger partial charge on any atom is 1.00 e. The summed E-state index contributed by atoms with van der Waals surface area (Å²) in [5.74, 6) is -4.00. The minimum atomic E-state index is -2.37. The van der Waals surface area contributed by atoms with Crippen LogP contribution in [0.15, 0.2) is 42.5 Å². The van der Waals surface area contributed by atoms with E-state index in [1.165, 1.54) is 0 Å². The van der Waals surface area contributed by atoms with Crippen LogP contribution in [0.25, 0.3) is 0 Å². The van der Waals surface area contributed by atoms with Crippen molar-refractivity contribution in [2.45, 2.75) is 31.3 Å². The van der Waals surface area contributed by atoms with Gasteiger partial charge in [-0.1, -0.05) is 29.8 Å². The van der Waals surface area contributed by atoms with Crippen LogP contribution in [-0.4, -0.2) is 58.5 Å². The summed E-state index contributed by atoms with van der Waals surface area (Å²) in [7, 11) is 0. The SMILES string of the molecule is CC(Cc1ccc2c(c1)OC(C(=O)CO)(C(=O)CO)O2)NCC(O)c1cccc(Cl)c1.[H-].[H-].[Na+].[Na+]. The molecular weight excluding hydrogens is 472 g/mol. The van der Waals surface area contributed by atoms with Gasteiger partial charge >= 0.3 is 64.9 Å². The number of hydrogen-bond acceptors (Lipinski definition) is 8. The minimum Gasteiger partial charge on any atom is -1.00 e. The van der Waals surface area contributed by atoms with E-state index in [9.17, 15) is 24.9 Å². The van der Waals surface area contributed by atoms with E-state index in [0.717, 1.165) is 5.56 Å². The van der Waals surface area contributed by atoms with Gasteiger partial charge in [0.05, 0.1) is 6.10 Å². The molecule has 11 heteroatoms. The predicted octanol–water partition coefficient (Wildman–Crippen LogP) is -4.58. The first-order valence-electron chi connectivity index (χ1n) is 9.75. The van der Waals surface area contributed by atoms with Crippen molar-refractivity contribution in [2.24, 2.45) is 0 Å². The van der Waals surface area contributed by atoms with Gasteiger partial charge in [0, 0.05) is 17.6 Å². The molecule has 0 spiro atoms. The van der Waals surface area contributed by atoms with E-state index in [1.807, 2.05) is 6.92 Å². The largest absolute Gasteiger partial charge is 1.00 e. The molecule has 1 aliphatic heterocycles. The van der Waals surface area contributed by atoms with Crippen LogP contribution in [0.5, 0.6) is 11.5 Å². The van der Waals surface area contributed by atoms with Gasteiger partial charge in [-0.05, 0) is 48.7 Å². The van der Waals surface area contributed by atoms with Gasteiger partial charge in [-0.3, -0.25) is 9.59 Å². The van der Waals surface area contributed by atoms with Crippen LogP contribution >= 0.6 is 11.6 Å². The van der Waals surface area contributed by atoms with Crippen LogP contribution in [0.2, 0.25) is 5.02 Å². The Labute approximate surface area is 244 Å². The van der Waals surface area contributed by atoms with Crippen LogP contribution in [0.4, 0.5) is 0 Å². The van der Waals surface area contributed by atoms with Crippen LogP contribution < -0.4 is 73.9 Å². The molecule has 33 heavy (non-hydrogen) atoms. The number of benzene rings is 2. The van der Waals surface area contributed by atoms with Gasteiger partial charge in [-0.2, -0.15) is 0 Å². The summed E-state index contributed by atoms with van der Waals surface area (Å²) in [5.41, 5.74) is 1.55. The Morgan fingerprint density at radius 2 is 1.70 bits per heavy atom. The van der Waals surface area contributed by atoms with Gasteiger partial charge in [0.1, 0.15) is 13.2 Å². The molecule has 0 saturated carbocycles. The number of fused-ring (bicyclic) bond motifs is 1. The van der Waals surface area contributed by atoms with E-state index in [-0.39, 0.29) is 79.5 Å². The molecule has 2 unspecified atom stereocenters. The monoisotopic (exact) mass is 497 g/mol. The molecule has 1 heterocycles. The average molecular weight is 498 g/mol. The molecule has 2 aromatic rings. The standard InChI is InChI=1S/C22H24ClNO7.2Na.2H/c1-13(24-10-17(27)15-3-2-4-16(23)9-15)7-14-5-6-18-19(8-14)31-22(30-18,20(28)11-25)21(29)12-26;;;;/h2-6,8-9,13,17,24-27H,7,10-12H2,1H3;;;;/q;2*+1;2*-1. The Morgan fingerprint density at radius 1 is 1.06 bits per heavy atom.